The Kier molecular flexibility index (Phi) is 5.38. The molecule has 1 amide bonds. The molecule has 3 nitrogen and oxygen atoms in total. The highest BCUT2D eigenvalue weighted by Gasteiger charge is 2.25. The van der Waals surface area contributed by atoms with E-state index in [1.807, 2.05) is 24.1 Å². The molecule has 21 heavy (non-hydrogen) atoms. The quantitative estimate of drug-likeness (QED) is 0.849. The molecule has 112 valence electrons. The van der Waals surface area contributed by atoms with E-state index in [-0.39, 0.29) is 5.91 Å². The van der Waals surface area contributed by atoms with Crippen LogP contribution in [0, 0.1) is 17.2 Å². The standard InChI is InChI=1S/C18H24N2O/c1-3-14-8-10-17(11-9-14)20(2)18(21)12-15-4-6-16(13-19)7-5-15/h4-7,14,17H,3,8-12H2,1-2H3. The van der Waals surface area contributed by atoms with Crippen LogP contribution in [0.15, 0.2) is 24.3 Å². The van der Waals surface area contributed by atoms with Gasteiger partial charge in [0, 0.05) is 13.1 Å². The molecule has 2 rings (SSSR count). The molecule has 3 heteroatoms. The lowest BCUT2D eigenvalue weighted by Gasteiger charge is -2.34. The zero-order valence-electron chi connectivity index (χ0n) is 13.0. The van der Waals surface area contributed by atoms with Crippen LogP contribution in [-0.2, 0) is 11.2 Å². The van der Waals surface area contributed by atoms with Crippen molar-refractivity contribution in [1.29, 1.82) is 5.26 Å². The SMILES string of the molecule is CCC1CCC(N(C)C(=O)Cc2ccc(C#N)cc2)CC1. The highest BCUT2D eigenvalue weighted by Crippen LogP contribution is 2.29. The van der Waals surface area contributed by atoms with Crippen molar-refractivity contribution >= 4 is 5.91 Å². The molecular weight excluding hydrogens is 260 g/mol. The fourth-order valence-electron chi connectivity index (χ4n) is 3.14. The molecule has 0 atom stereocenters. The number of hydrogen-bond donors (Lipinski definition) is 0. The van der Waals surface area contributed by atoms with Gasteiger partial charge >= 0.3 is 0 Å². The van der Waals surface area contributed by atoms with Crippen LogP contribution in [0.25, 0.3) is 0 Å². The van der Waals surface area contributed by atoms with Crippen LogP contribution in [0.3, 0.4) is 0 Å². The highest BCUT2D eigenvalue weighted by molar-refractivity contribution is 5.78. The maximum absolute atomic E-state index is 12.4. The second-order valence-electron chi connectivity index (χ2n) is 6.07. The van der Waals surface area contributed by atoms with Crippen LogP contribution >= 0.6 is 0 Å². The number of carbonyl (C=O) groups is 1. The van der Waals surface area contributed by atoms with Crippen molar-refractivity contribution in [2.75, 3.05) is 7.05 Å². The van der Waals surface area contributed by atoms with Gasteiger partial charge in [-0.1, -0.05) is 25.5 Å². The molecule has 0 heterocycles. The van der Waals surface area contributed by atoms with Crippen molar-refractivity contribution in [2.24, 2.45) is 5.92 Å². The minimum absolute atomic E-state index is 0.180. The molecule has 0 saturated heterocycles. The van der Waals surface area contributed by atoms with E-state index in [1.165, 1.54) is 19.3 Å². The zero-order valence-corrected chi connectivity index (χ0v) is 13.0. The third-order valence-corrected chi connectivity index (χ3v) is 4.77. The minimum atomic E-state index is 0.180. The van der Waals surface area contributed by atoms with Gasteiger partial charge in [0.25, 0.3) is 0 Å². The van der Waals surface area contributed by atoms with E-state index in [0.29, 0.717) is 18.0 Å². The fraction of sp³-hybridized carbons (Fsp3) is 0.556. The van der Waals surface area contributed by atoms with Gasteiger partial charge in [-0.3, -0.25) is 4.79 Å². The van der Waals surface area contributed by atoms with E-state index in [2.05, 4.69) is 13.0 Å². The van der Waals surface area contributed by atoms with Crippen molar-refractivity contribution in [2.45, 2.75) is 51.5 Å². The Morgan fingerprint density at radius 3 is 2.38 bits per heavy atom. The fourth-order valence-corrected chi connectivity index (χ4v) is 3.14. The van der Waals surface area contributed by atoms with E-state index >= 15 is 0 Å². The van der Waals surface area contributed by atoms with Gasteiger partial charge in [-0.05, 0) is 49.3 Å². The number of hydrogen-bond acceptors (Lipinski definition) is 2. The summed E-state index contributed by atoms with van der Waals surface area (Å²) in [4.78, 5) is 14.3. The summed E-state index contributed by atoms with van der Waals surface area (Å²) in [6.45, 7) is 2.25. The van der Waals surface area contributed by atoms with Crippen molar-refractivity contribution in [3.05, 3.63) is 35.4 Å². The summed E-state index contributed by atoms with van der Waals surface area (Å²) in [5, 5.41) is 8.79. The first-order valence-corrected chi connectivity index (χ1v) is 7.88. The molecule has 1 saturated carbocycles. The molecule has 0 aromatic heterocycles. The number of nitriles is 1. The molecule has 1 aromatic carbocycles. The largest absolute Gasteiger partial charge is 0.342 e. The van der Waals surface area contributed by atoms with Crippen LogP contribution < -0.4 is 0 Å². The van der Waals surface area contributed by atoms with Crippen LogP contribution in [0.5, 0.6) is 0 Å². The van der Waals surface area contributed by atoms with Gasteiger partial charge in [0.2, 0.25) is 5.91 Å². The number of likely N-dealkylation sites (N-methyl/N-ethyl adjacent to an activating group) is 1. The maximum atomic E-state index is 12.4. The zero-order chi connectivity index (χ0) is 15.2. The van der Waals surface area contributed by atoms with Gasteiger partial charge in [-0.15, -0.1) is 0 Å². The smallest absolute Gasteiger partial charge is 0.226 e. The molecule has 0 N–H and O–H groups in total. The Hall–Kier alpha value is -1.82. The molecule has 1 aliphatic carbocycles. The second kappa shape index (κ2) is 7.26. The number of amides is 1. The van der Waals surface area contributed by atoms with Gasteiger partial charge < -0.3 is 4.90 Å². The molecule has 1 fully saturated rings. The summed E-state index contributed by atoms with van der Waals surface area (Å²) in [6, 6.07) is 9.79. The number of carbonyl (C=O) groups excluding carboxylic acids is 1. The Balaban J connectivity index is 1.89. The third-order valence-electron chi connectivity index (χ3n) is 4.77. The highest BCUT2D eigenvalue weighted by atomic mass is 16.2. The first kappa shape index (κ1) is 15.6. The van der Waals surface area contributed by atoms with Crippen molar-refractivity contribution in [1.82, 2.24) is 4.90 Å². The summed E-state index contributed by atoms with van der Waals surface area (Å²) < 4.78 is 0. The van der Waals surface area contributed by atoms with Crippen LogP contribution in [0.1, 0.15) is 50.2 Å². The lowest BCUT2D eigenvalue weighted by Crippen LogP contribution is -2.40. The van der Waals surface area contributed by atoms with Gasteiger partial charge in [0.1, 0.15) is 0 Å². The molecule has 1 aromatic rings. The molecular formula is C18H24N2O. The van der Waals surface area contributed by atoms with Gasteiger partial charge in [0.05, 0.1) is 18.1 Å². The molecule has 0 spiro atoms. The predicted molar refractivity (Wildman–Crippen MR) is 83.7 cm³/mol. The van der Waals surface area contributed by atoms with Crippen LogP contribution in [0.2, 0.25) is 0 Å². The first-order valence-electron chi connectivity index (χ1n) is 7.88. The Labute approximate surface area is 127 Å². The monoisotopic (exact) mass is 284 g/mol. The average Bonchev–Trinajstić information content (AvgIpc) is 2.55. The number of rotatable bonds is 4. The summed E-state index contributed by atoms with van der Waals surface area (Å²) in [5.74, 6) is 1.03. The first-order chi connectivity index (χ1) is 10.1. The maximum Gasteiger partial charge on any atom is 0.226 e. The second-order valence-corrected chi connectivity index (χ2v) is 6.07. The van der Waals surface area contributed by atoms with E-state index in [0.717, 1.165) is 24.3 Å². The van der Waals surface area contributed by atoms with Crippen LogP contribution in [-0.4, -0.2) is 23.9 Å². The Morgan fingerprint density at radius 2 is 1.86 bits per heavy atom. The van der Waals surface area contributed by atoms with E-state index < -0.39 is 0 Å². The van der Waals surface area contributed by atoms with Crippen molar-refractivity contribution in [3.63, 3.8) is 0 Å². The molecule has 0 bridgehead atoms. The van der Waals surface area contributed by atoms with E-state index in [1.54, 1.807) is 12.1 Å². The van der Waals surface area contributed by atoms with Gasteiger partial charge in [-0.2, -0.15) is 5.26 Å². The summed E-state index contributed by atoms with van der Waals surface area (Å²) >= 11 is 0. The Morgan fingerprint density at radius 1 is 1.24 bits per heavy atom. The molecule has 0 radical (unpaired) electrons. The third kappa shape index (κ3) is 4.07. The predicted octanol–water partition coefficient (Wildman–Crippen LogP) is 3.53. The topological polar surface area (TPSA) is 44.1 Å². The minimum Gasteiger partial charge on any atom is -0.342 e. The van der Waals surface area contributed by atoms with Crippen LogP contribution in [0.4, 0.5) is 0 Å². The molecule has 0 unspecified atom stereocenters. The van der Waals surface area contributed by atoms with E-state index in [9.17, 15) is 4.79 Å². The van der Waals surface area contributed by atoms with Crippen molar-refractivity contribution < 1.29 is 4.79 Å². The number of benzene rings is 1. The average molecular weight is 284 g/mol. The van der Waals surface area contributed by atoms with Gasteiger partial charge in [0.15, 0.2) is 0 Å². The lowest BCUT2D eigenvalue weighted by atomic mass is 9.84. The Bertz CT molecular complexity index is 507. The van der Waals surface area contributed by atoms with E-state index in [4.69, 9.17) is 5.26 Å². The van der Waals surface area contributed by atoms with Gasteiger partial charge in [-0.25, -0.2) is 0 Å². The summed E-state index contributed by atoms with van der Waals surface area (Å²) in [6.07, 6.45) is 6.44. The normalized spacial score (nSPS) is 21.6. The molecule has 1 aliphatic rings. The number of nitrogens with zero attached hydrogens (tertiary/aromatic N) is 2. The molecule has 0 aliphatic heterocycles. The lowest BCUT2D eigenvalue weighted by molar-refractivity contribution is -0.132. The summed E-state index contributed by atoms with van der Waals surface area (Å²) in [7, 11) is 1.93. The van der Waals surface area contributed by atoms with Crippen molar-refractivity contribution in [3.8, 4) is 6.07 Å². The summed E-state index contributed by atoms with van der Waals surface area (Å²) in [5.41, 5.74) is 1.62.